The highest BCUT2D eigenvalue weighted by Gasteiger charge is 2.17. The standard InChI is InChI=1S/C13H19NOS/c1-10-6-11(2)8-12(7-10)9-14-16(15)13(3,4)5/h6-9H,1-5H3. The molecule has 1 unspecified atom stereocenters. The lowest BCUT2D eigenvalue weighted by atomic mass is 10.1. The van der Waals surface area contributed by atoms with Crippen LogP contribution in [0.2, 0.25) is 0 Å². The molecule has 1 aromatic carbocycles. The third kappa shape index (κ3) is 3.89. The van der Waals surface area contributed by atoms with Crippen LogP contribution in [0, 0.1) is 13.8 Å². The van der Waals surface area contributed by atoms with Crippen molar-refractivity contribution < 1.29 is 4.21 Å². The van der Waals surface area contributed by atoms with Crippen LogP contribution in [0.3, 0.4) is 0 Å². The zero-order valence-electron chi connectivity index (χ0n) is 10.6. The predicted molar refractivity (Wildman–Crippen MR) is 71.4 cm³/mol. The molecule has 0 amide bonds. The van der Waals surface area contributed by atoms with Gasteiger partial charge in [-0.25, -0.2) is 4.21 Å². The zero-order chi connectivity index (χ0) is 12.3. The second kappa shape index (κ2) is 4.91. The lowest BCUT2D eigenvalue weighted by Crippen LogP contribution is -2.19. The van der Waals surface area contributed by atoms with Crippen molar-refractivity contribution >= 4 is 17.2 Å². The van der Waals surface area contributed by atoms with Crippen LogP contribution >= 0.6 is 0 Å². The van der Waals surface area contributed by atoms with Gasteiger partial charge in [0.25, 0.3) is 0 Å². The molecule has 1 rings (SSSR count). The van der Waals surface area contributed by atoms with Crippen LogP contribution in [-0.4, -0.2) is 15.2 Å². The summed E-state index contributed by atoms with van der Waals surface area (Å²) in [5, 5.41) is 0. The molecular formula is C13H19NOS. The molecule has 0 aliphatic carbocycles. The molecule has 88 valence electrons. The van der Waals surface area contributed by atoms with E-state index in [4.69, 9.17) is 0 Å². The van der Waals surface area contributed by atoms with E-state index in [9.17, 15) is 4.21 Å². The van der Waals surface area contributed by atoms with E-state index in [1.54, 1.807) is 6.21 Å². The number of aryl methyl sites for hydroxylation is 2. The van der Waals surface area contributed by atoms with Gasteiger partial charge in [0.1, 0.15) is 11.0 Å². The van der Waals surface area contributed by atoms with E-state index in [0.717, 1.165) is 5.56 Å². The molecule has 1 aromatic rings. The molecule has 0 heterocycles. The summed E-state index contributed by atoms with van der Waals surface area (Å²) in [5.74, 6) is 0. The summed E-state index contributed by atoms with van der Waals surface area (Å²) in [6.07, 6.45) is 1.70. The molecule has 0 saturated carbocycles. The Bertz CT molecular complexity index is 410. The topological polar surface area (TPSA) is 29.4 Å². The Balaban J connectivity index is 2.89. The van der Waals surface area contributed by atoms with Gasteiger partial charge in [-0.3, -0.25) is 0 Å². The molecule has 0 aromatic heterocycles. The Labute approximate surface area is 100 Å². The second-order valence-corrected chi connectivity index (χ2v) is 6.95. The third-order valence-electron chi connectivity index (χ3n) is 2.07. The van der Waals surface area contributed by atoms with Crippen LogP contribution in [0.25, 0.3) is 0 Å². The maximum absolute atomic E-state index is 11.7. The van der Waals surface area contributed by atoms with Crippen LogP contribution in [0.15, 0.2) is 22.6 Å². The van der Waals surface area contributed by atoms with Gasteiger partial charge in [0.05, 0.1) is 4.75 Å². The van der Waals surface area contributed by atoms with Crippen LogP contribution in [0.5, 0.6) is 0 Å². The first-order chi connectivity index (χ1) is 7.29. The molecule has 0 aliphatic rings. The van der Waals surface area contributed by atoms with Gasteiger partial charge >= 0.3 is 0 Å². The summed E-state index contributed by atoms with van der Waals surface area (Å²) in [6.45, 7) is 9.85. The fraction of sp³-hybridized carbons (Fsp3) is 0.462. The lowest BCUT2D eigenvalue weighted by Gasteiger charge is -2.12. The van der Waals surface area contributed by atoms with Gasteiger partial charge in [0, 0.05) is 6.21 Å². The first kappa shape index (κ1) is 13.1. The van der Waals surface area contributed by atoms with Gasteiger partial charge < -0.3 is 0 Å². The number of nitrogens with zero attached hydrogens (tertiary/aromatic N) is 1. The van der Waals surface area contributed by atoms with Gasteiger partial charge in [-0.05, 0) is 40.2 Å². The quantitative estimate of drug-likeness (QED) is 0.726. The Kier molecular flexibility index (Phi) is 4.03. The molecule has 0 bridgehead atoms. The minimum atomic E-state index is -1.18. The average Bonchev–Trinajstić information content (AvgIpc) is 2.11. The lowest BCUT2D eigenvalue weighted by molar-refractivity contribution is 0.651. The smallest absolute Gasteiger partial charge is 0.144 e. The van der Waals surface area contributed by atoms with Crippen molar-refractivity contribution in [3.8, 4) is 0 Å². The molecule has 16 heavy (non-hydrogen) atoms. The predicted octanol–water partition coefficient (Wildman–Crippen LogP) is 3.18. The van der Waals surface area contributed by atoms with Gasteiger partial charge in [0.2, 0.25) is 0 Å². The van der Waals surface area contributed by atoms with E-state index in [2.05, 4.69) is 10.5 Å². The molecule has 0 N–H and O–H groups in total. The van der Waals surface area contributed by atoms with Crippen molar-refractivity contribution in [2.24, 2.45) is 4.40 Å². The molecule has 0 spiro atoms. The maximum atomic E-state index is 11.7. The minimum Gasteiger partial charge on any atom is -0.234 e. The molecule has 1 atom stereocenters. The number of hydrogen-bond donors (Lipinski definition) is 0. The highest BCUT2D eigenvalue weighted by molar-refractivity contribution is 7.85. The molecule has 0 fully saturated rings. The fourth-order valence-electron chi connectivity index (χ4n) is 1.35. The number of rotatable bonds is 2. The van der Waals surface area contributed by atoms with Crippen molar-refractivity contribution in [3.05, 3.63) is 34.9 Å². The molecule has 3 heteroatoms. The van der Waals surface area contributed by atoms with Crippen molar-refractivity contribution in [3.63, 3.8) is 0 Å². The van der Waals surface area contributed by atoms with Crippen molar-refractivity contribution in [2.45, 2.75) is 39.4 Å². The van der Waals surface area contributed by atoms with E-state index < -0.39 is 11.0 Å². The fourth-order valence-corrected chi connectivity index (χ4v) is 1.88. The Morgan fingerprint density at radius 1 is 1.12 bits per heavy atom. The van der Waals surface area contributed by atoms with E-state index in [-0.39, 0.29) is 4.75 Å². The van der Waals surface area contributed by atoms with Crippen LogP contribution in [0.1, 0.15) is 37.5 Å². The van der Waals surface area contributed by atoms with Gasteiger partial charge in [-0.15, -0.1) is 0 Å². The van der Waals surface area contributed by atoms with Crippen molar-refractivity contribution in [1.82, 2.24) is 0 Å². The third-order valence-corrected chi connectivity index (χ3v) is 3.41. The molecule has 2 nitrogen and oxygen atoms in total. The highest BCUT2D eigenvalue weighted by atomic mass is 32.2. The second-order valence-electron chi connectivity index (χ2n) is 5.02. The van der Waals surface area contributed by atoms with E-state index >= 15 is 0 Å². The van der Waals surface area contributed by atoms with Gasteiger partial charge in [-0.2, -0.15) is 4.40 Å². The minimum absolute atomic E-state index is 0.296. The SMILES string of the molecule is Cc1cc(C)cc(C=NS(=O)C(C)(C)C)c1. The van der Waals surface area contributed by atoms with Crippen molar-refractivity contribution in [1.29, 1.82) is 0 Å². The number of benzene rings is 1. The Morgan fingerprint density at radius 2 is 1.62 bits per heavy atom. The van der Waals surface area contributed by atoms with Crippen LogP contribution in [0.4, 0.5) is 0 Å². The summed E-state index contributed by atoms with van der Waals surface area (Å²) >= 11 is 0. The maximum Gasteiger partial charge on any atom is 0.144 e. The zero-order valence-corrected chi connectivity index (χ0v) is 11.4. The van der Waals surface area contributed by atoms with Crippen LogP contribution < -0.4 is 0 Å². The summed E-state index contributed by atoms with van der Waals surface area (Å²) in [4.78, 5) is 0. The Hall–Kier alpha value is -0.960. The molecule has 0 aliphatic heterocycles. The Morgan fingerprint density at radius 3 is 2.06 bits per heavy atom. The first-order valence-corrected chi connectivity index (χ1v) is 6.44. The van der Waals surface area contributed by atoms with E-state index in [1.165, 1.54) is 11.1 Å². The van der Waals surface area contributed by atoms with Gasteiger partial charge in [0.15, 0.2) is 0 Å². The highest BCUT2D eigenvalue weighted by Crippen LogP contribution is 2.13. The summed E-state index contributed by atoms with van der Waals surface area (Å²) in [5.41, 5.74) is 3.40. The first-order valence-electron chi connectivity index (χ1n) is 5.33. The van der Waals surface area contributed by atoms with Crippen LogP contribution in [-0.2, 0) is 11.0 Å². The van der Waals surface area contributed by atoms with Crippen molar-refractivity contribution in [2.75, 3.05) is 0 Å². The summed E-state index contributed by atoms with van der Waals surface area (Å²) in [6, 6.07) is 6.19. The molecular weight excluding hydrogens is 218 g/mol. The summed E-state index contributed by atoms with van der Waals surface area (Å²) < 4.78 is 15.5. The normalized spacial score (nSPS) is 14.3. The van der Waals surface area contributed by atoms with E-state index in [1.807, 2.05) is 46.8 Å². The monoisotopic (exact) mass is 237 g/mol. The number of hydrogen-bond acceptors (Lipinski definition) is 1. The molecule has 0 saturated heterocycles. The van der Waals surface area contributed by atoms with Gasteiger partial charge in [-0.1, -0.05) is 29.3 Å². The average molecular weight is 237 g/mol. The molecule has 0 radical (unpaired) electrons. The summed E-state index contributed by atoms with van der Waals surface area (Å²) in [7, 11) is -1.18. The largest absolute Gasteiger partial charge is 0.234 e. The van der Waals surface area contributed by atoms with E-state index in [0.29, 0.717) is 0 Å².